The minimum Gasteiger partial charge on any atom is -0.382 e. The van der Waals surface area contributed by atoms with Crippen LogP contribution < -0.4 is 5.32 Å². The van der Waals surface area contributed by atoms with Crippen LogP contribution in [-0.2, 0) is 0 Å². The molecule has 0 unspecified atom stereocenters. The smallest absolute Gasteiger partial charge is 0.126 e. The fraction of sp³-hybridized carbons (Fsp3) is 0.455. The topological polar surface area (TPSA) is 12.0 Å². The van der Waals surface area contributed by atoms with E-state index in [-0.39, 0.29) is 5.82 Å². The van der Waals surface area contributed by atoms with Gasteiger partial charge >= 0.3 is 0 Å². The second-order valence-electron chi connectivity index (χ2n) is 3.74. The highest BCUT2D eigenvalue weighted by Crippen LogP contribution is 2.24. The first-order valence-corrected chi connectivity index (χ1v) is 4.78. The van der Waals surface area contributed by atoms with Gasteiger partial charge in [-0.05, 0) is 49.9 Å². The molecule has 1 aliphatic rings. The predicted octanol–water partition coefficient (Wildman–Crippen LogP) is 3.10. The summed E-state index contributed by atoms with van der Waals surface area (Å²) in [7, 11) is 0. The van der Waals surface area contributed by atoms with Crippen molar-refractivity contribution in [2.24, 2.45) is 0 Å². The zero-order valence-corrected chi connectivity index (χ0v) is 7.81. The minimum atomic E-state index is -0.126. The Bertz CT molecular complexity index is 305. The Morgan fingerprint density at radius 3 is 2.69 bits per heavy atom. The molecule has 1 saturated carbocycles. The third kappa shape index (κ3) is 1.82. The van der Waals surface area contributed by atoms with Crippen molar-refractivity contribution >= 4 is 5.69 Å². The van der Waals surface area contributed by atoms with Gasteiger partial charge in [-0.1, -0.05) is 0 Å². The van der Waals surface area contributed by atoms with Crippen molar-refractivity contribution in [3.05, 3.63) is 29.6 Å². The third-order valence-electron chi connectivity index (χ3n) is 2.63. The summed E-state index contributed by atoms with van der Waals surface area (Å²) >= 11 is 0. The van der Waals surface area contributed by atoms with Crippen LogP contribution >= 0.6 is 0 Å². The largest absolute Gasteiger partial charge is 0.382 e. The normalized spacial score (nSPS) is 16.8. The van der Waals surface area contributed by atoms with Crippen LogP contribution in [0.1, 0.15) is 24.8 Å². The lowest BCUT2D eigenvalue weighted by Gasteiger charge is -2.27. The summed E-state index contributed by atoms with van der Waals surface area (Å²) in [5.74, 6) is -0.126. The molecule has 0 aliphatic heterocycles. The second-order valence-corrected chi connectivity index (χ2v) is 3.74. The molecular formula is C11H14FN. The Hall–Kier alpha value is -1.05. The molecule has 2 heteroatoms. The Kier molecular flexibility index (Phi) is 2.21. The molecule has 1 aromatic carbocycles. The fourth-order valence-electron chi connectivity index (χ4n) is 1.52. The summed E-state index contributed by atoms with van der Waals surface area (Å²) in [4.78, 5) is 0. The first kappa shape index (κ1) is 8.54. The standard InChI is InChI=1S/C11H14FN/c1-8-7-10(5-6-11(8)12)13-9-3-2-4-9/h5-7,9,13H,2-4H2,1H3. The number of benzene rings is 1. The quantitative estimate of drug-likeness (QED) is 0.735. The number of anilines is 1. The summed E-state index contributed by atoms with van der Waals surface area (Å²) in [5.41, 5.74) is 1.76. The van der Waals surface area contributed by atoms with E-state index < -0.39 is 0 Å². The maximum Gasteiger partial charge on any atom is 0.126 e. The molecule has 1 N–H and O–H groups in total. The monoisotopic (exact) mass is 179 g/mol. The van der Waals surface area contributed by atoms with Crippen LogP contribution in [0.2, 0.25) is 0 Å². The summed E-state index contributed by atoms with van der Waals surface area (Å²) in [5, 5.41) is 3.38. The van der Waals surface area contributed by atoms with Crippen LogP contribution in [0.5, 0.6) is 0 Å². The first-order valence-electron chi connectivity index (χ1n) is 4.78. The molecule has 1 aliphatic carbocycles. The van der Waals surface area contributed by atoms with Gasteiger partial charge in [0.15, 0.2) is 0 Å². The molecule has 0 saturated heterocycles. The van der Waals surface area contributed by atoms with Crippen LogP contribution in [0.4, 0.5) is 10.1 Å². The highest BCUT2D eigenvalue weighted by Gasteiger charge is 2.16. The van der Waals surface area contributed by atoms with E-state index in [4.69, 9.17) is 0 Å². The number of nitrogens with one attached hydrogen (secondary N) is 1. The summed E-state index contributed by atoms with van der Waals surface area (Å²) < 4.78 is 12.9. The van der Waals surface area contributed by atoms with Crippen molar-refractivity contribution in [1.29, 1.82) is 0 Å². The molecule has 0 atom stereocenters. The van der Waals surface area contributed by atoms with Gasteiger partial charge in [-0.25, -0.2) is 4.39 Å². The van der Waals surface area contributed by atoms with E-state index in [1.54, 1.807) is 13.0 Å². The van der Waals surface area contributed by atoms with Crippen molar-refractivity contribution in [3.8, 4) is 0 Å². The highest BCUT2D eigenvalue weighted by molar-refractivity contribution is 5.47. The van der Waals surface area contributed by atoms with Gasteiger partial charge in [0.25, 0.3) is 0 Å². The summed E-state index contributed by atoms with van der Waals surface area (Å²) in [6, 6.07) is 5.81. The molecule has 0 bridgehead atoms. The molecule has 1 fully saturated rings. The van der Waals surface area contributed by atoms with Gasteiger partial charge in [0.1, 0.15) is 5.82 Å². The molecule has 0 aromatic heterocycles. The van der Waals surface area contributed by atoms with E-state index in [1.807, 2.05) is 6.07 Å². The van der Waals surface area contributed by atoms with Gasteiger partial charge in [-0.15, -0.1) is 0 Å². The molecule has 1 aromatic rings. The first-order chi connectivity index (χ1) is 6.25. The zero-order chi connectivity index (χ0) is 9.26. The number of hydrogen-bond acceptors (Lipinski definition) is 1. The SMILES string of the molecule is Cc1cc(NC2CCC2)ccc1F. The van der Waals surface area contributed by atoms with Crippen LogP contribution in [0, 0.1) is 12.7 Å². The second kappa shape index (κ2) is 3.36. The van der Waals surface area contributed by atoms with Crippen LogP contribution in [0.25, 0.3) is 0 Å². The number of rotatable bonds is 2. The summed E-state index contributed by atoms with van der Waals surface area (Å²) in [6.45, 7) is 1.79. The molecule has 13 heavy (non-hydrogen) atoms. The van der Waals surface area contributed by atoms with Crippen LogP contribution in [-0.4, -0.2) is 6.04 Å². The molecule has 1 nitrogen and oxygen atoms in total. The van der Waals surface area contributed by atoms with E-state index >= 15 is 0 Å². The molecular weight excluding hydrogens is 165 g/mol. The van der Waals surface area contributed by atoms with Crippen molar-refractivity contribution in [1.82, 2.24) is 0 Å². The van der Waals surface area contributed by atoms with Gasteiger partial charge in [0.2, 0.25) is 0 Å². The van der Waals surface area contributed by atoms with Gasteiger partial charge in [0.05, 0.1) is 0 Å². The van der Waals surface area contributed by atoms with E-state index in [1.165, 1.54) is 25.3 Å². The molecule has 0 spiro atoms. The molecule has 70 valence electrons. The van der Waals surface area contributed by atoms with Gasteiger partial charge in [-0.3, -0.25) is 0 Å². The molecule has 0 radical (unpaired) electrons. The molecule has 0 heterocycles. The van der Waals surface area contributed by atoms with Gasteiger partial charge in [-0.2, -0.15) is 0 Å². The van der Waals surface area contributed by atoms with Crippen molar-refractivity contribution in [3.63, 3.8) is 0 Å². The van der Waals surface area contributed by atoms with Gasteiger partial charge < -0.3 is 5.32 Å². The number of hydrogen-bond donors (Lipinski definition) is 1. The fourth-order valence-corrected chi connectivity index (χ4v) is 1.52. The Labute approximate surface area is 78.0 Å². The Morgan fingerprint density at radius 2 is 2.15 bits per heavy atom. The van der Waals surface area contributed by atoms with Crippen molar-refractivity contribution in [2.45, 2.75) is 32.2 Å². The van der Waals surface area contributed by atoms with Crippen molar-refractivity contribution < 1.29 is 4.39 Å². The van der Waals surface area contributed by atoms with E-state index in [0.29, 0.717) is 11.6 Å². The predicted molar refractivity (Wildman–Crippen MR) is 52.4 cm³/mol. The van der Waals surface area contributed by atoms with E-state index in [2.05, 4.69) is 5.32 Å². The molecule has 0 amide bonds. The summed E-state index contributed by atoms with van der Waals surface area (Å²) in [6.07, 6.45) is 3.81. The number of halogens is 1. The number of aryl methyl sites for hydroxylation is 1. The van der Waals surface area contributed by atoms with E-state index in [0.717, 1.165) is 5.69 Å². The highest BCUT2D eigenvalue weighted by atomic mass is 19.1. The van der Waals surface area contributed by atoms with Crippen LogP contribution in [0.15, 0.2) is 18.2 Å². The maximum absolute atomic E-state index is 12.9. The lowest BCUT2D eigenvalue weighted by molar-refractivity contribution is 0.445. The average Bonchev–Trinajstić information content (AvgIpc) is 2.04. The minimum absolute atomic E-state index is 0.126. The van der Waals surface area contributed by atoms with Gasteiger partial charge in [0, 0.05) is 11.7 Å². The van der Waals surface area contributed by atoms with E-state index in [9.17, 15) is 4.39 Å². The zero-order valence-electron chi connectivity index (χ0n) is 7.81. The average molecular weight is 179 g/mol. The lowest BCUT2D eigenvalue weighted by Crippen LogP contribution is -2.26. The third-order valence-corrected chi connectivity index (χ3v) is 2.63. The molecule has 2 rings (SSSR count). The Morgan fingerprint density at radius 1 is 1.38 bits per heavy atom. The van der Waals surface area contributed by atoms with Crippen molar-refractivity contribution in [2.75, 3.05) is 5.32 Å². The Balaban J connectivity index is 2.07. The van der Waals surface area contributed by atoms with Crippen LogP contribution in [0.3, 0.4) is 0 Å². The maximum atomic E-state index is 12.9. The lowest BCUT2D eigenvalue weighted by atomic mass is 9.93.